The van der Waals surface area contributed by atoms with E-state index >= 15 is 0 Å². The maximum absolute atomic E-state index is 13.0. The molecule has 9 N–H and O–H groups in total. The van der Waals surface area contributed by atoms with Crippen LogP contribution in [0.5, 0.6) is 0 Å². The van der Waals surface area contributed by atoms with Crippen molar-refractivity contribution in [1.82, 2.24) is 5.32 Å². The number of rotatable bonds is 41. The van der Waals surface area contributed by atoms with Crippen molar-refractivity contribution in [2.75, 3.05) is 19.8 Å². The van der Waals surface area contributed by atoms with Crippen molar-refractivity contribution in [2.45, 2.75) is 280 Å². The molecule has 0 aromatic carbocycles. The van der Waals surface area contributed by atoms with Crippen LogP contribution in [0.1, 0.15) is 206 Å². The number of unbranched alkanes of at least 4 members (excludes halogenated alkanes) is 26. The molecule has 2 aliphatic rings. The lowest BCUT2D eigenvalue weighted by Gasteiger charge is -2.46. The SMILES string of the molecule is CCCCCCCCCCCCCCCCCCCCCC/C=C/CC/C=C/C(O)C(COC1OC(CO)C(OC2OC(CO)C(O)C(O)C2O)C(O)C1O)NC(=O)CCCCCCCC. The van der Waals surface area contributed by atoms with E-state index in [0.717, 1.165) is 44.9 Å². The van der Waals surface area contributed by atoms with Crippen LogP contribution in [0.2, 0.25) is 0 Å². The first-order chi connectivity index (χ1) is 32.1. The van der Waals surface area contributed by atoms with Crippen molar-refractivity contribution in [3.63, 3.8) is 0 Å². The second-order valence-corrected chi connectivity index (χ2v) is 19.0. The molecule has 14 nitrogen and oxygen atoms in total. The first-order valence-corrected chi connectivity index (χ1v) is 26.6. The summed E-state index contributed by atoms with van der Waals surface area (Å²) in [5, 5.41) is 86.4. The number of ether oxygens (including phenoxy) is 4. The number of aliphatic hydroxyl groups is 8. The van der Waals surface area contributed by atoms with Crippen molar-refractivity contribution in [2.24, 2.45) is 0 Å². The molecule has 2 saturated heterocycles. The van der Waals surface area contributed by atoms with Gasteiger partial charge in [0.05, 0.1) is 32.0 Å². The Morgan fingerprint density at radius 3 is 1.48 bits per heavy atom. The number of allylic oxidation sites excluding steroid dienone is 3. The molecule has 0 aromatic heterocycles. The molecular formula is C52H97NO13. The molecule has 0 spiro atoms. The van der Waals surface area contributed by atoms with Gasteiger partial charge in [-0.3, -0.25) is 4.79 Å². The highest BCUT2D eigenvalue weighted by atomic mass is 16.7. The van der Waals surface area contributed by atoms with Gasteiger partial charge in [0.25, 0.3) is 0 Å². The third-order valence-electron chi connectivity index (χ3n) is 13.1. The van der Waals surface area contributed by atoms with Crippen molar-refractivity contribution >= 4 is 5.91 Å². The van der Waals surface area contributed by atoms with E-state index in [1.807, 2.05) is 6.08 Å². The summed E-state index contributed by atoms with van der Waals surface area (Å²) in [4.78, 5) is 13.0. The maximum Gasteiger partial charge on any atom is 0.220 e. The topological polar surface area (TPSA) is 228 Å². The highest BCUT2D eigenvalue weighted by Gasteiger charge is 2.51. The minimum Gasteiger partial charge on any atom is -0.394 e. The number of carbonyl (C=O) groups is 1. The van der Waals surface area contributed by atoms with Gasteiger partial charge < -0.3 is 65.1 Å². The molecule has 0 bridgehead atoms. The van der Waals surface area contributed by atoms with Crippen LogP contribution >= 0.6 is 0 Å². The third-order valence-corrected chi connectivity index (χ3v) is 13.1. The Hall–Kier alpha value is -1.53. The number of nitrogens with one attached hydrogen (secondary N) is 1. The lowest BCUT2D eigenvalue weighted by molar-refractivity contribution is -0.359. The largest absolute Gasteiger partial charge is 0.394 e. The first kappa shape index (κ1) is 60.6. The Bertz CT molecular complexity index is 1210. The predicted octanol–water partition coefficient (Wildman–Crippen LogP) is 7.33. The normalized spacial score (nSPS) is 26.9. The number of hydrogen-bond acceptors (Lipinski definition) is 13. The first-order valence-electron chi connectivity index (χ1n) is 26.6. The van der Waals surface area contributed by atoms with Gasteiger partial charge in [-0.05, 0) is 32.1 Å². The molecule has 12 atom stereocenters. The second-order valence-electron chi connectivity index (χ2n) is 19.0. The van der Waals surface area contributed by atoms with Crippen LogP contribution < -0.4 is 5.32 Å². The highest BCUT2D eigenvalue weighted by Crippen LogP contribution is 2.30. The van der Waals surface area contributed by atoms with Crippen molar-refractivity contribution in [1.29, 1.82) is 0 Å². The number of hydrogen-bond donors (Lipinski definition) is 9. The summed E-state index contributed by atoms with van der Waals surface area (Å²) >= 11 is 0. The van der Waals surface area contributed by atoms with E-state index in [1.165, 1.54) is 128 Å². The minimum atomic E-state index is -1.79. The van der Waals surface area contributed by atoms with Crippen molar-refractivity contribution < 1.29 is 64.6 Å². The summed E-state index contributed by atoms with van der Waals surface area (Å²) in [6.45, 7) is 2.70. The van der Waals surface area contributed by atoms with Gasteiger partial charge in [0.1, 0.15) is 48.8 Å². The minimum absolute atomic E-state index is 0.258. The Morgan fingerprint density at radius 1 is 0.530 bits per heavy atom. The molecule has 1 amide bonds. The molecule has 66 heavy (non-hydrogen) atoms. The van der Waals surface area contributed by atoms with Crippen LogP contribution in [-0.2, 0) is 23.7 Å². The predicted molar refractivity (Wildman–Crippen MR) is 258 cm³/mol. The van der Waals surface area contributed by atoms with Gasteiger partial charge in [0, 0.05) is 6.42 Å². The molecule has 12 unspecified atom stereocenters. The zero-order valence-electron chi connectivity index (χ0n) is 41.2. The zero-order chi connectivity index (χ0) is 48.2. The fourth-order valence-electron chi connectivity index (χ4n) is 8.78. The van der Waals surface area contributed by atoms with E-state index < -0.39 is 86.8 Å². The molecule has 2 rings (SSSR count). The Morgan fingerprint density at radius 2 is 0.970 bits per heavy atom. The summed E-state index contributed by atoms with van der Waals surface area (Å²) in [5.74, 6) is -0.258. The monoisotopic (exact) mass is 944 g/mol. The van der Waals surface area contributed by atoms with Crippen LogP contribution in [0.15, 0.2) is 24.3 Å². The van der Waals surface area contributed by atoms with Gasteiger partial charge in [-0.25, -0.2) is 0 Å². The molecule has 0 saturated carbocycles. The van der Waals surface area contributed by atoms with E-state index in [9.17, 15) is 45.6 Å². The molecule has 2 fully saturated rings. The lowest BCUT2D eigenvalue weighted by Crippen LogP contribution is -2.65. The Kier molecular flexibility index (Phi) is 36.0. The van der Waals surface area contributed by atoms with Gasteiger partial charge in [0.2, 0.25) is 5.91 Å². The van der Waals surface area contributed by atoms with Crippen LogP contribution in [0.4, 0.5) is 0 Å². The average molecular weight is 944 g/mol. The van der Waals surface area contributed by atoms with Gasteiger partial charge in [-0.15, -0.1) is 0 Å². The molecule has 0 aliphatic carbocycles. The zero-order valence-corrected chi connectivity index (χ0v) is 41.2. The van der Waals surface area contributed by atoms with Gasteiger partial charge in [-0.2, -0.15) is 0 Å². The summed E-state index contributed by atoms with van der Waals surface area (Å²) in [5.41, 5.74) is 0. The summed E-state index contributed by atoms with van der Waals surface area (Å²) in [6.07, 6.45) is 27.2. The van der Waals surface area contributed by atoms with E-state index in [0.29, 0.717) is 12.8 Å². The van der Waals surface area contributed by atoms with E-state index in [4.69, 9.17) is 18.9 Å². The van der Waals surface area contributed by atoms with E-state index in [-0.39, 0.29) is 18.9 Å². The molecule has 0 aromatic rings. The second kappa shape index (κ2) is 39.2. The van der Waals surface area contributed by atoms with Crippen LogP contribution in [0, 0.1) is 0 Å². The summed E-state index contributed by atoms with van der Waals surface area (Å²) in [6, 6.07) is -0.924. The number of carbonyl (C=O) groups excluding carboxylic acids is 1. The fraction of sp³-hybridized carbons (Fsp3) is 0.904. The Labute approximate surface area is 398 Å². The summed E-state index contributed by atoms with van der Waals surface area (Å²) < 4.78 is 22.6. The Balaban J connectivity index is 1.71. The van der Waals surface area contributed by atoms with E-state index in [2.05, 4.69) is 31.3 Å². The molecule has 2 aliphatic heterocycles. The smallest absolute Gasteiger partial charge is 0.220 e. The number of amides is 1. The standard InChI is InChI=1S/C52H97NO13/c1-3-5-7-9-11-12-13-14-15-16-17-18-19-20-21-22-23-24-25-26-27-28-29-30-31-33-35-41(56)40(53-44(57)36-34-32-10-8-6-4-2)39-63-51-49(62)47(60)50(43(38-55)65-51)66-52-48(61)46(59)45(58)42(37-54)64-52/h28-29,33,35,40-43,45-52,54-56,58-62H,3-27,30-32,34,36-39H2,1-2H3,(H,53,57)/b29-28+,35-33+. The average Bonchev–Trinajstić information content (AvgIpc) is 3.31. The molecule has 388 valence electrons. The number of aliphatic hydroxyl groups excluding tert-OH is 8. The van der Waals surface area contributed by atoms with Crippen molar-refractivity contribution in [3.05, 3.63) is 24.3 Å². The fourth-order valence-corrected chi connectivity index (χ4v) is 8.78. The van der Waals surface area contributed by atoms with Gasteiger partial charge in [0.15, 0.2) is 12.6 Å². The maximum atomic E-state index is 13.0. The molecular weight excluding hydrogens is 847 g/mol. The quantitative estimate of drug-likeness (QED) is 0.0216. The van der Waals surface area contributed by atoms with Crippen LogP contribution in [0.3, 0.4) is 0 Å². The van der Waals surface area contributed by atoms with E-state index in [1.54, 1.807) is 6.08 Å². The molecule has 0 radical (unpaired) electrons. The van der Waals surface area contributed by atoms with Gasteiger partial charge in [-0.1, -0.05) is 192 Å². The summed E-state index contributed by atoms with van der Waals surface area (Å²) in [7, 11) is 0. The van der Waals surface area contributed by atoms with Gasteiger partial charge >= 0.3 is 0 Å². The third kappa shape index (κ3) is 25.9. The lowest BCUT2D eigenvalue weighted by atomic mass is 9.97. The van der Waals surface area contributed by atoms with Crippen LogP contribution in [0.25, 0.3) is 0 Å². The molecule has 14 heteroatoms. The van der Waals surface area contributed by atoms with Crippen molar-refractivity contribution in [3.8, 4) is 0 Å². The highest BCUT2D eigenvalue weighted by molar-refractivity contribution is 5.76. The van der Waals surface area contributed by atoms with Crippen LogP contribution in [-0.4, -0.2) is 140 Å². The molecule has 2 heterocycles.